The Kier molecular flexibility index (Phi) is 8.57. The fourth-order valence-electron chi connectivity index (χ4n) is 4.94. The van der Waals surface area contributed by atoms with Crippen LogP contribution in [0, 0.1) is 12.8 Å². The lowest BCUT2D eigenvalue weighted by molar-refractivity contribution is -0.144. The van der Waals surface area contributed by atoms with Crippen molar-refractivity contribution in [1.29, 1.82) is 0 Å². The van der Waals surface area contributed by atoms with Gasteiger partial charge in [0, 0.05) is 32.1 Å². The highest BCUT2D eigenvalue weighted by molar-refractivity contribution is 6.10. The third-order valence-electron chi connectivity index (χ3n) is 7.13. The van der Waals surface area contributed by atoms with Crippen LogP contribution >= 0.6 is 0 Å². The van der Waals surface area contributed by atoms with E-state index in [1.807, 2.05) is 25.1 Å². The normalized spacial score (nSPS) is 14.3. The van der Waals surface area contributed by atoms with Crippen LogP contribution in [-0.2, 0) is 15.7 Å². The Morgan fingerprint density at radius 1 is 1.05 bits per heavy atom. The highest BCUT2D eigenvalue weighted by Crippen LogP contribution is 2.34. The molecule has 2 aromatic carbocycles. The van der Waals surface area contributed by atoms with Crippen LogP contribution in [0.25, 0.3) is 11.1 Å². The molecule has 3 aromatic rings. The molecule has 0 radical (unpaired) electrons. The molecule has 0 N–H and O–H groups in total. The smallest absolute Gasteiger partial charge is 0.416 e. The molecule has 0 atom stereocenters. The van der Waals surface area contributed by atoms with Crippen molar-refractivity contribution in [1.82, 2.24) is 4.98 Å². The fraction of sp³-hybridized carbons (Fsp3) is 0.367. The molecule has 2 heterocycles. The zero-order chi connectivity index (χ0) is 28.2. The van der Waals surface area contributed by atoms with E-state index in [1.54, 1.807) is 32.3 Å². The van der Waals surface area contributed by atoms with Gasteiger partial charge in [-0.05, 0) is 79.6 Å². The van der Waals surface area contributed by atoms with Crippen molar-refractivity contribution >= 4 is 23.4 Å². The van der Waals surface area contributed by atoms with Crippen molar-refractivity contribution in [2.75, 3.05) is 36.5 Å². The average Bonchev–Trinajstić information content (AvgIpc) is 2.92. The number of halogens is 3. The van der Waals surface area contributed by atoms with Crippen LogP contribution in [0.3, 0.4) is 0 Å². The van der Waals surface area contributed by atoms with E-state index in [0.29, 0.717) is 41.3 Å². The molecule has 6 nitrogen and oxygen atoms in total. The van der Waals surface area contributed by atoms with Gasteiger partial charge in [0.25, 0.3) is 5.91 Å². The Morgan fingerprint density at radius 3 is 2.33 bits per heavy atom. The number of piperidine rings is 1. The number of aryl methyl sites for hydroxylation is 1. The lowest BCUT2D eigenvalue weighted by Gasteiger charge is -2.32. The molecule has 1 amide bonds. The van der Waals surface area contributed by atoms with Crippen LogP contribution < -0.4 is 9.80 Å². The molecule has 9 heteroatoms. The maximum absolute atomic E-state index is 13.5. The molecule has 0 saturated carbocycles. The summed E-state index contributed by atoms with van der Waals surface area (Å²) in [5.74, 6) is 0.663. The maximum Gasteiger partial charge on any atom is 0.416 e. The molecular formula is C30H32F3N3O3. The van der Waals surface area contributed by atoms with Gasteiger partial charge in [-0.25, -0.2) is 4.98 Å². The monoisotopic (exact) mass is 539 g/mol. The number of rotatable bonds is 7. The van der Waals surface area contributed by atoms with E-state index < -0.39 is 11.7 Å². The van der Waals surface area contributed by atoms with E-state index in [-0.39, 0.29) is 11.9 Å². The number of anilines is 2. The van der Waals surface area contributed by atoms with Crippen molar-refractivity contribution in [2.24, 2.45) is 5.92 Å². The number of carbonyl (C=O) groups is 2. The molecule has 0 spiro atoms. The molecule has 1 aromatic heterocycles. The lowest BCUT2D eigenvalue weighted by Crippen LogP contribution is -2.35. The first-order chi connectivity index (χ1) is 18.6. The minimum atomic E-state index is -4.43. The van der Waals surface area contributed by atoms with E-state index >= 15 is 0 Å². The summed E-state index contributed by atoms with van der Waals surface area (Å²) in [4.78, 5) is 33.5. The van der Waals surface area contributed by atoms with Gasteiger partial charge in [-0.1, -0.05) is 24.3 Å². The van der Waals surface area contributed by atoms with Gasteiger partial charge in [0.05, 0.1) is 24.1 Å². The third-order valence-corrected chi connectivity index (χ3v) is 7.13. The van der Waals surface area contributed by atoms with Crippen molar-refractivity contribution in [2.45, 2.75) is 39.3 Å². The average molecular weight is 540 g/mol. The molecule has 206 valence electrons. The van der Waals surface area contributed by atoms with Crippen molar-refractivity contribution in [3.05, 3.63) is 77.5 Å². The van der Waals surface area contributed by atoms with Crippen molar-refractivity contribution in [3.63, 3.8) is 0 Å². The first-order valence-electron chi connectivity index (χ1n) is 13.0. The summed E-state index contributed by atoms with van der Waals surface area (Å²) >= 11 is 0. The minimum Gasteiger partial charge on any atom is -0.466 e. The summed E-state index contributed by atoms with van der Waals surface area (Å²) in [6, 6.07) is 13.8. The van der Waals surface area contributed by atoms with E-state index in [4.69, 9.17) is 4.74 Å². The van der Waals surface area contributed by atoms with E-state index in [1.165, 1.54) is 17.0 Å². The van der Waals surface area contributed by atoms with Crippen LogP contribution in [0.15, 0.2) is 60.8 Å². The van der Waals surface area contributed by atoms with Crippen molar-refractivity contribution in [3.8, 4) is 11.1 Å². The number of carbonyl (C=O) groups excluding carboxylic acids is 2. The lowest BCUT2D eigenvalue weighted by atomic mass is 9.93. The SMILES string of the molecule is CCOC(=O)CC1CCN(c2ccc(N(C)C(=O)c3cccc(C)c3-c3ccc(C(F)(F)F)cc3)cn2)CC1. The van der Waals surface area contributed by atoms with Gasteiger partial charge in [0.1, 0.15) is 5.82 Å². The zero-order valence-electron chi connectivity index (χ0n) is 22.3. The topological polar surface area (TPSA) is 62.7 Å². The number of alkyl halides is 3. The Labute approximate surface area is 226 Å². The van der Waals surface area contributed by atoms with Crippen LogP contribution in [0.5, 0.6) is 0 Å². The highest BCUT2D eigenvalue weighted by Gasteiger charge is 2.30. The number of hydrogen-bond acceptors (Lipinski definition) is 5. The number of amides is 1. The Morgan fingerprint density at radius 2 is 1.74 bits per heavy atom. The predicted octanol–water partition coefficient (Wildman–Crippen LogP) is 6.52. The number of ether oxygens (including phenoxy) is 1. The van der Waals surface area contributed by atoms with Gasteiger partial charge < -0.3 is 14.5 Å². The van der Waals surface area contributed by atoms with Crippen LogP contribution in [0.1, 0.15) is 47.7 Å². The van der Waals surface area contributed by atoms with Crippen LogP contribution in [0.4, 0.5) is 24.7 Å². The molecule has 39 heavy (non-hydrogen) atoms. The second-order valence-electron chi connectivity index (χ2n) is 9.75. The van der Waals surface area contributed by atoms with E-state index in [9.17, 15) is 22.8 Å². The maximum atomic E-state index is 13.5. The number of esters is 1. The molecule has 0 unspecified atom stereocenters. The summed E-state index contributed by atoms with van der Waals surface area (Å²) in [6.45, 7) is 5.59. The molecular weight excluding hydrogens is 507 g/mol. The molecule has 1 saturated heterocycles. The second-order valence-corrected chi connectivity index (χ2v) is 9.75. The molecule has 1 aliphatic rings. The zero-order valence-corrected chi connectivity index (χ0v) is 22.3. The second kappa shape index (κ2) is 11.9. The van der Waals surface area contributed by atoms with Gasteiger partial charge in [0.15, 0.2) is 0 Å². The molecule has 0 bridgehead atoms. The van der Waals surface area contributed by atoms with Crippen LogP contribution in [-0.4, -0.2) is 43.6 Å². The first kappa shape index (κ1) is 28.1. The molecule has 1 fully saturated rings. The van der Waals surface area contributed by atoms with Gasteiger partial charge in [-0.2, -0.15) is 13.2 Å². The van der Waals surface area contributed by atoms with Gasteiger partial charge in [0.2, 0.25) is 0 Å². The highest BCUT2D eigenvalue weighted by atomic mass is 19.4. The standard InChI is InChI=1S/C30H32F3N3O3/c1-4-39-27(37)18-21-14-16-36(17-15-21)26-13-12-24(19-34-26)35(3)29(38)25-7-5-6-20(2)28(25)22-8-10-23(11-9-22)30(31,32)33/h5-13,19,21H,4,14-18H2,1-3H3. The number of pyridine rings is 1. The predicted molar refractivity (Wildman–Crippen MR) is 145 cm³/mol. The number of hydrogen-bond donors (Lipinski definition) is 0. The molecule has 0 aliphatic carbocycles. The van der Waals surface area contributed by atoms with Gasteiger partial charge >= 0.3 is 12.1 Å². The van der Waals surface area contributed by atoms with Gasteiger partial charge in [-0.3, -0.25) is 9.59 Å². The van der Waals surface area contributed by atoms with Crippen LogP contribution in [0.2, 0.25) is 0 Å². The molecule has 4 rings (SSSR count). The fourth-order valence-corrected chi connectivity index (χ4v) is 4.94. The molecule has 1 aliphatic heterocycles. The minimum absolute atomic E-state index is 0.152. The van der Waals surface area contributed by atoms with Gasteiger partial charge in [-0.15, -0.1) is 0 Å². The Balaban J connectivity index is 1.47. The summed E-state index contributed by atoms with van der Waals surface area (Å²) in [5.41, 5.74) is 2.18. The summed E-state index contributed by atoms with van der Waals surface area (Å²) in [6.07, 6.45) is -0.595. The Bertz CT molecular complexity index is 1300. The quantitative estimate of drug-likeness (QED) is 0.320. The largest absolute Gasteiger partial charge is 0.466 e. The third kappa shape index (κ3) is 6.58. The number of nitrogens with zero attached hydrogens (tertiary/aromatic N) is 3. The summed E-state index contributed by atoms with van der Waals surface area (Å²) in [5, 5.41) is 0. The summed E-state index contributed by atoms with van der Waals surface area (Å²) in [7, 11) is 1.65. The summed E-state index contributed by atoms with van der Waals surface area (Å²) < 4.78 is 44.2. The number of benzene rings is 2. The Hall–Kier alpha value is -3.88. The van der Waals surface area contributed by atoms with Crippen molar-refractivity contribution < 1.29 is 27.5 Å². The number of aromatic nitrogens is 1. The van der Waals surface area contributed by atoms with E-state index in [0.717, 1.165) is 49.4 Å². The first-order valence-corrected chi connectivity index (χ1v) is 13.0. The van der Waals surface area contributed by atoms with E-state index in [2.05, 4.69) is 9.88 Å².